The molecule has 24 heavy (non-hydrogen) atoms. The molecule has 0 unspecified atom stereocenters. The Morgan fingerprint density at radius 1 is 1.08 bits per heavy atom. The number of hydrogen-bond acceptors (Lipinski definition) is 7. The van der Waals surface area contributed by atoms with Crippen LogP contribution in [-0.4, -0.2) is 45.8 Å². The number of esters is 1. The lowest BCUT2D eigenvalue weighted by Gasteiger charge is -2.19. The number of ether oxygens (including phenoxy) is 6. The van der Waals surface area contributed by atoms with Gasteiger partial charge >= 0.3 is 5.97 Å². The predicted molar refractivity (Wildman–Crippen MR) is 85.5 cm³/mol. The molecular weight excluding hydrogens is 316 g/mol. The molecule has 0 aliphatic carbocycles. The summed E-state index contributed by atoms with van der Waals surface area (Å²) in [5.74, 6) is 0.0321. The normalized spacial score (nSPS) is 22.1. The molecule has 2 atom stereocenters. The zero-order chi connectivity index (χ0) is 17.9. The van der Waals surface area contributed by atoms with Gasteiger partial charge in [0.2, 0.25) is 5.75 Å². The first-order chi connectivity index (χ1) is 11.4. The Labute approximate surface area is 141 Å². The number of hydrogen-bond donors (Lipinski definition) is 0. The molecule has 0 spiro atoms. The van der Waals surface area contributed by atoms with Crippen molar-refractivity contribution in [1.29, 1.82) is 0 Å². The van der Waals surface area contributed by atoms with Gasteiger partial charge in [0.05, 0.1) is 27.9 Å². The summed E-state index contributed by atoms with van der Waals surface area (Å²) in [4.78, 5) is 12.2. The highest BCUT2D eigenvalue weighted by Gasteiger charge is 2.47. The fourth-order valence-electron chi connectivity index (χ4n) is 2.67. The van der Waals surface area contributed by atoms with Crippen molar-refractivity contribution in [3.8, 4) is 17.2 Å². The van der Waals surface area contributed by atoms with Crippen LogP contribution < -0.4 is 14.2 Å². The maximum atomic E-state index is 12.2. The molecule has 1 aromatic carbocycles. The molecule has 1 heterocycles. The van der Waals surface area contributed by atoms with Gasteiger partial charge < -0.3 is 28.4 Å². The van der Waals surface area contributed by atoms with Crippen molar-refractivity contribution in [2.24, 2.45) is 0 Å². The van der Waals surface area contributed by atoms with Crippen molar-refractivity contribution >= 4 is 5.97 Å². The fourth-order valence-corrected chi connectivity index (χ4v) is 2.67. The van der Waals surface area contributed by atoms with Crippen LogP contribution in [0.4, 0.5) is 0 Å². The Hall–Kier alpha value is -1.99. The summed E-state index contributed by atoms with van der Waals surface area (Å²) in [6, 6.07) is 3.48. The van der Waals surface area contributed by atoms with Crippen molar-refractivity contribution in [2.75, 3.05) is 27.9 Å². The molecule has 7 nitrogen and oxygen atoms in total. The first-order valence-corrected chi connectivity index (χ1v) is 7.69. The molecule has 134 valence electrons. The predicted octanol–water partition coefficient (Wildman–Crippen LogP) is 2.47. The summed E-state index contributed by atoms with van der Waals surface area (Å²) in [5.41, 5.74) is 0.674. The number of carbonyl (C=O) groups excluding carboxylic acids is 1. The van der Waals surface area contributed by atoms with Crippen LogP contribution in [0.1, 0.15) is 32.4 Å². The Morgan fingerprint density at radius 3 is 2.12 bits per heavy atom. The highest BCUT2D eigenvalue weighted by molar-refractivity contribution is 5.76. The lowest BCUT2D eigenvalue weighted by Crippen LogP contribution is -2.29. The first-order valence-electron chi connectivity index (χ1n) is 7.69. The van der Waals surface area contributed by atoms with E-state index in [1.807, 2.05) is 0 Å². The number of benzene rings is 1. The Kier molecular flexibility index (Phi) is 5.56. The molecule has 0 bridgehead atoms. The van der Waals surface area contributed by atoms with E-state index in [0.29, 0.717) is 22.8 Å². The maximum absolute atomic E-state index is 12.2. The maximum Gasteiger partial charge on any atom is 0.338 e. The van der Waals surface area contributed by atoms with Crippen LogP contribution in [0.3, 0.4) is 0 Å². The van der Waals surface area contributed by atoms with E-state index in [4.69, 9.17) is 28.4 Å². The molecule has 7 heteroatoms. The largest absolute Gasteiger partial charge is 0.493 e. The molecule has 2 rings (SSSR count). The zero-order valence-corrected chi connectivity index (χ0v) is 14.9. The molecule has 1 fully saturated rings. The summed E-state index contributed by atoms with van der Waals surface area (Å²) >= 11 is 0. The molecule has 0 aromatic heterocycles. The van der Waals surface area contributed by atoms with E-state index in [0.717, 1.165) is 0 Å². The highest BCUT2D eigenvalue weighted by atomic mass is 16.8. The van der Waals surface area contributed by atoms with Crippen LogP contribution in [-0.2, 0) is 19.0 Å². The van der Waals surface area contributed by atoms with Gasteiger partial charge in [-0.15, -0.1) is 0 Å². The number of methoxy groups -OCH3 is 3. The number of rotatable bonds is 6. The third-order valence-corrected chi connectivity index (χ3v) is 3.63. The van der Waals surface area contributed by atoms with Gasteiger partial charge in [0, 0.05) is 0 Å². The van der Waals surface area contributed by atoms with E-state index in [2.05, 4.69) is 0 Å². The van der Waals surface area contributed by atoms with E-state index >= 15 is 0 Å². The average Bonchev–Trinajstić information content (AvgIpc) is 2.89. The Bertz CT molecular complexity index is 572. The Balaban J connectivity index is 2.45. The number of carbonyl (C=O) groups is 1. The van der Waals surface area contributed by atoms with Crippen molar-refractivity contribution in [1.82, 2.24) is 0 Å². The molecule has 1 saturated heterocycles. The van der Waals surface area contributed by atoms with Gasteiger partial charge in [0.25, 0.3) is 0 Å². The van der Waals surface area contributed by atoms with Gasteiger partial charge in [-0.25, -0.2) is 4.79 Å². The van der Waals surface area contributed by atoms with Gasteiger partial charge in [0.1, 0.15) is 6.10 Å². The monoisotopic (exact) mass is 340 g/mol. The average molecular weight is 340 g/mol. The van der Waals surface area contributed by atoms with Crippen molar-refractivity contribution in [3.05, 3.63) is 17.7 Å². The Morgan fingerprint density at radius 2 is 1.67 bits per heavy atom. The first kappa shape index (κ1) is 18.4. The van der Waals surface area contributed by atoms with Gasteiger partial charge in [-0.1, -0.05) is 0 Å². The van der Waals surface area contributed by atoms with Gasteiger partial charge in [-0.2, -0.15) is 0 Å². The molecule has 1 aliphatic rings. The molecule has 0 amide bonds. The second kappa shape index (κ2) is 7.27. The summed E-state index contributed by atoms with van der Waals surface area (Å²) in [7, 11) is 4.58. The zero-order valence-electron chi connectivity index (χ0n) is 14.9. The minimum Gasteiger partial charge on any atom is -0.493 e. The molecule has 0 radical (unpaired) electrons. The van der Waals surface area contributed by atoms with Crippen LogP contribution in [0.15, 0.2) is 12.1 Å². The minimum atomic E-state index is -0.914. The van der Waals surface area contributed by atoms with Gasteiger partial charge in [-0.05, 0) is 38.5 Å². The minimum absolute atomic E-state index is 0.265. The van der Waals surface area contributed by atoms with Crippen LogP contribution >= 0.6 is 0 Å². The lowest BCUT2D eigenvalue weighted by molar-refractivity contribution is -0.170. The lowest BCUT2D eigenvalue weighted by atomic mass is 10.0. The highest BCUT2D eigenvalue weighted by Crippen LogP contribution is 2.45. The summed E-state index contributed by atoms with van der Waals surface area (Å²) < 4.78 is 32.8. The van der Waals surface area contributed by atoms with E-state index in [1.54, 1.807) is 32.9 Å². The molecule has 1 aromatic rings. The van der Waals surface area contributed by atoms with Crippen molar-refractivity contribution in [2.45, 2.75) is 38.8 Å². The fraction of sp³-hybridized carbons (Fsp3) is 0.588. The van der Waals surface area contributed by atoms with Crippen LogP contribution in [0.25, 0.3) is 0 Å². The van der Waals surface area contributed by atoms with Crippen LogP contribution in [0.2, 0.25) is 0 Å². The summed E-state index contributed by atoms with van der Waals surface area (Å²) in [6.45, 7) is 5.50. The van der Waals surface area contributed by atoms with E-state index in [-0.39, 0.29) is 6.61 Å². The van der Waals surface area contributed by atoms with Crippen molar-refractivity contribution < 1.29 is 33.2 Å². The smallest absolute Gasteiger partial charge is 0.338 e. The second-order valence-corrected chi connectivity index (χ2v) is 5.69. The van der Waals surface area contributed by atoms with E-state index in [1.165, 1.54) is 21.3 Å². The summed E-state index contributed by atoms with van der Waals surface area (Å²) in [6.07, 6.45) is -1.52. The standard InChI is InChI=1S/C17H24O7/c1-7-22-16(18)15-13(23-17(2,3)24-15)10-8-11(19-4)14(21-6)12(9-10)20-5/h8-9,13,15H,7H2,1-6H3/t13-,15+/m1/s1. The second-order valence-electron chi connectivity index (χ2n) is 5.69. The third-order valence-electron chi connectivity index (χ3n) is 3.63. The van der Waals surface area contributed by atoms with Crippen LogP contribution in [0.5, 0.6) is 17.2 Å². The van der Waals surface area contributed by atoms with Gasteiger partial charge in [0.15, 0.2) is 23.4 Å². The third kappa shape index (κ3) is 3.57. The topological polar surface area (TPSA) is 72.5 Å². The molecule has 0 saturated carbocycles. The molecule has 1 aliphatic heterocycles. The van der Waals surface area contributed by atoms with E-state index < -0.39 is 24.0 Å². The van der Waals surface area contributed by atoms with Crippen molar-refractivity contribution in [3.63, 3.8) is 0 Å². The SMILES string of the molecule is CCOC(=O)[C@H]1OC(C)(C)O[C@@H]1c1cc(OC)c(OC)c(OC)c1. The molecular formula is C17H24O7. The van der Waals surface area contributed by atoms with Gasteiger partial charge in [-0.3, -0.25) is 0 Å². The quantitative estimate of drug-likeness (QED) is 0.737. The summed E-state index contributed by atoms with van der Waals surface area (Å²) in [5, 5.41) is 0. The molecule has 0 N–H and O–H groups in total. The van der Waals surface area contributed by atoms with Crippen LogP contribution in [0, 0.1) is 0 Å². The van der Waals surface area contributed by atoms with E-state index in [9.17, 15) is 4.79 Å².